The summed E-state index contributed by atoms with van der Waals surface area (Å²) in [5.41, 5.74) is 9.70. The quantitative estimate of drug-likeness (QED) is 0.667. The van der Waals surface area contributed by atoms with Crippen LogP contribution < -0.4 is 11.2 Å². The summed E-state index contributed by atoms with van der Waals surface area (Å²) in [5, 5.41) is 0. The number of primary amides is 1. The van der Waals surface area contributed by atoms with E-state index in [4.69, 9.17) is 5.73 Å². The van der Waals surface area contributed by atoms with E-state index in [0.29, 0.717) is 5.56 Å². The molecule has 4 nitrogen and oxygen atoms in total. The number of hydrogen-bond acceptors (Lipinski definition) is 2. The van der Waals surface area contributed by atoms with E-state index >= 15 is 0 Å². The van der Waals surface area contributed by atoms with Gasteiger partial charge in [-0.3, -0.25) is 9.36 Å². The van der Waals surface area contributed by atoms with E-state index in [1.54, 1.807) is 18.5 Å². The maximum absolute atomic E-state index is 11.2. The van der Waals surface area contributed by atoms with Gasteiger partial charge in [0.25, 0.3) is 0 Å². The van der Waals surface area contributed by atoms with Crippen molar-refractivity contribution in [3.05, 3.63) is 54.4 Å². The molecule has 0 aliphatic rings. The Morgan fingerprint density at radius 3 is 2.79 bits per heavy atom. The summed E-state index contributed by atoms with van der Waals surface area (Å²) in [4.78, 5) is 15.5. The highest BCUT2D eigenvalue weighted by Gasteiger charge is 2.07. The van der Waals surface area contributed by atoms with Gasteiger partial charge in [-0.15, -0.1) is 0 Å². The van der Waals surface area contributed by atoms with Crippen molar-refractivity contribution in [1.29, 1.82) is 0 Å². The van der Waals surface area contributed by atoms with E-state index in [2.05, 4.69) is 11.1 Å². The van der Waals surface area contributed by atoms with Crippen LogP contribution in [0, 0.1) is 0 Å². The number of fused-ring (bicyclic) bond motifs is 1. The normalized spacial score (nSPS) is 10.7. The number of hydrogen-bond donors (Lipinski definition) is 1. The molecule has 0 atom stereocenters. The van der Waals surface area contributed by atoms with Crippen molar-refractivity contribution in [2.45, 2.75) is 0 Å². The van der Waals surface area contributed by atoms with Crippen LogP contribution in [0.2, 0.25) is 0 Å². The summed E-state index contributed by atoms with van der Waals surface area (Å²) in [6.07, 6.45) is 1.75. The van der Waals surface area contributed by atoms with Gasteiger partial charge in [0, 0.05) is 11.3 Å². The molecule has 1 aromatic heterocycles. The van der Waals surface area contributed by atoms with Gasteiger partial charge in [0.2, 0.25) is 5.91 Å². The molecule has 0 saturated heterocycles. The van der Waals surface area contributed by atoms with Gasteiger partial charge in [-0.05, 0) is 30.3 Å². The van der Waals surface area contributed by atoms with Gasteiger partial charge in [0.05, 0.1) is 11.0 Å². The first kappa shape index (κ1) is 11.5. The number of carbonyl (C=O) groups excluding carboxylic acids is 1. The highest BCUT2D eigenvalue weighted by Crippen LogP contribution is 2.18. The molecule has 2 aromatic carbocycles. The minimum absolute atomic E-state index is 0.438. The van der Waals surface area contributed by atoms with Gasteiger partial charge in [0.1, 0.15) is 14.2 Å². The highest BCUT2D eigenvalue weighted by atomic mass is 16.1. The summed E-state index contributed by atoms with van der Waals surface area (Å²) < 4.78 is 1.99. The van der Waals surface area contributed by atoms with E-state index in [9.17, 15) is 4.79 Å². The molecule has 0 aliphatic carbocycles. The summed E-state index contributed by atoms with van der Waals surface area (Å²) in [6, 6.07) is 13.5. The molecular weight excluding hydrogens is 237 g/mol. The van der Waals surface area contributed by atoms with E-state index in [1.165, 1.54) is 5.46 Å². The Kier molecular flexibility index (Phi) is 2.60. The Morgan fingerprint density at radius 1 is 1.21 bits per heavy atom. The fourth-order valence-corrected chi connectivity index (χ4v) is 2.15. The van der Waals surface area contributed by atoms with Gasteiger partial charge in [-0.1, -0.05) is 17.6 Å². The molecule has 2 N–H and O–H groups in total. The first-order chi connectivity index (χ1) is 9.15. The zero-order valence-electron chi connectivity index (χ0n) is 10.5. The Bertz CT molecular complexity index is 779. The first-order valence-electron chi connectivity index (χ1n) is 5.99. The molecule has 5 heteroatoms. The van der Waals surface area contributed by atoms with Crippen LogP contribution in [-0.2, 0) is 0 Å². The van der Waals surface area contributed by atoms with Gasteiger partial charge in [-0.2, -0.15) is 0 Å². The maximum Gasteiger partial charge on any atom is 0.248 e. The van der Waals surface area contributed by atoms with Crippen molar-refractivity contribution in [2.75, 3.05) is 0 Å². The second kappa shape index (κ2) is 4.28. The predicted octanol–water partition coefficient (Wildman–Crippen LogP) is 0.383. The SMILES string of the molecule is Bc1cccc(-n2cnc3cc(C(N)=O)ccc32)c1. The van der Waals surface area contributed by atoms with Crippen LogP contribution in [0.1, 0.15) is 10.4 Å². The fraction of sp³-hybridized carbons (Fsp3) is 0. The van der Waals surface area contributed by atoms with E-state index in [-0.39, 0.29) is 0 Å². The molecule has 0 bridgehead atoms. The van der Waals surface area contributed by atoms with Crippen molar-refractivity contribution >= 4 is 30.2 Å². The lowest BCUT2D eigenvalue weighted by Gasteiger charge is -2.05. The minimum Gasteiger partial charge on any atom is -0.366 e. The standard InChI is InChI=1S/C14H12BN3O/c15-10-2-1-3-11(7-10)18-8-17-12-6-9(14(16)19)4-5-13(12)18/h1-8H,15H2,(H2,16,19). The van der Waals surface area contributed by atoms with Gasteiger partial charge in [0.15, 0.2) is 0 Å². The molecule has 0 spiro atoms. The zero-order valence-corrected chi connectivity index (χ0v) is 10.5. The van der Waals surface area contributed by atoms with Crippen molar-refractivity contribution in [3.63, 3.8) is 0 Å². The van der Waals surface area contributed by atoms with Gasteiger partial charge < -0.3 is 5.73 Å². The number of nitrogens with zero attached hydrogens (tertiary/aromatic N) is 2. The average Bonchev–Trinajstić information content (AvgIpc) is 2.81. The smallest absolute Gasteiger partial charge is 0.248 e. The van der Waals surface area contributed by atoms with Crippen molar-refractivity contribution in [3.8, 4) is 5.69 Å². The topological polar surface area (TPSA) is 60.9 Å². The number of carbonyl (C=O) groups is 1. The Hall–Kier alpha value is -2.56. The lowest BCUT2D eigenvalue weighted by molar-refractivity contribution is 0.100. The van der Waals surface area contributed by atoms with E-state index in [1.807, 2.05) is 36.7 Å². The monoisotopic (exact) mass is 249 g/mol. The molecule has 1 heterocycles. The summed E-state index contributed by atoms with van der Waals surface area (Å²) in [5.74, 6) is -0.438. The third kappa shape index (κ3) is 1.99. The molecule has 0 fully saturated rings. The molecule has 0 aliphatic heterocycles. The largest absolute Gasteiger partial charge is 0.366 e. The summed E-state index contributed by atoms with van der Waals surface area (Å²) in [6.45, 7) is 0. The zero-order chi connectivity index (χ0) is 13.4. The predicted molar refractivity (Wildman–Crippen MR) is 77.8 cm³/mol. The highest BCUT2D eigenvalue weighted by molar-refractivity contribution is 6.32. The van der Waals surface area contributed by atoms with Gasteiger partial charge >= 0.3 is 0 Å². The Labute approximate surface area is 111 Å². The van der Waals surface area contributed by atoms with E-state index in [0.717, 1.165) is 16.7 Å². The third-order valence-corrected chi connectivity index (χ3v) is 3.11. The number of nitrogens with two attached hydrogens (primary N) is 1. The number of aromatic nitrogens is 2. The molecule has 3 rings (SSSR count). The molecule has 0 unspecified atom stereocenters. The van der Waals surface area contributed by atoms with Crippen LogP contribution in [0.3, 0.4) is 0 Å². The average molecular weight is 249 g/mol. The van der Waals surface area contributed by atoms with Crippen molar-refractivity contribution in [1.82, 2.24) is 9.55 Å². The van der Waals surface area contributed by atoms with Crippen molar-refractivity contribution in [2.24, 2.45) is 5.73 Å². The molecule has 19 heavy (non-hydrogen) atoms. The molecule has 0 saturated carbocycles. The second-order valence-electron chi connectivity index (χ2n) is 4.52. The Morgan fingerprint density at radius 2 is 2.05 bits per heavy atom. The number of benzene rings is 2. The molecule has 1 amide bonds. The van der Waals surface area contributed by atoms with Gasteiger partial charge in [-0.25, -0.2) is 4.98 Å². The second-order valence-corrected chi connectivity index (χ2v) is 4.52. The molecule has 92 valence electrons. The van der Waals surface area contributed by atoms with Crippen LogP contribution in [-0.4, -0.2) is 23.3 Å². The maximum atomic E-state index is 11.2. The van der Waals surface area contributed by atoms with Crippen LogP contribution >= 0.6 is 0 Å². The Balaban J connectivity index is 2.18. The lowest BCUT2D eigenvalue weighted by atomic mass is 9.96. The van der Waals surface area contributed by atoms with Crippen LogP contribution in [0.5, 0.6) is 0 Å². The molecular formula is C14H12BN3O. The number of imidazole rings is 1. The first-order valence-corrected chi connectivity index (χ1v) is 5.99. The van der Waals surface area contributed by atoms with Crippen LogP contribution in [0.4, 0.5) is 0 Å². The minimum atomic E-state index is -0.438. The van der Waals surface area contributed by atoms with E-state index < -0.39 is 5.91 Å². The lowest BCUT2D eigenvalue weighted by Crippen LogP contribution is -2.10. The fourth-order valence-electron chi connectivity index (χ4n) is 2.15. The summed E-state index contributed by atoms with van der Waals surface area (Å²) >= 11 is 0. The number of amides is 1. The number of rotatable bonds is 2. The van der Waals surface area contributed by atoms with Crippen LogP contribution in [0.25, 0.3) is 16.7 Å². The third-order valence-electron chi connectivity index (χ3n) is 3.11. The molecule has 0 radical (unpaired) electrons. The molecule has 3 aromatic rings. The van der Waals surface area contributed by atoms with Crippen LogP contribution in [0.15, 0.2) is 48.8 Å². The van der Waals surface area contributed by atoms with Crippen molar-refractivity contribution < 1.29 is 4.79 Å². The summed E-state index contributed by atoms with van der Waals surface area (Å²) in [7, 11) is 2.05.